The van der Waals surface area contributed by atoms with Crippen LogP contribution in [-0.2, 0) is 0 Å². The van der Waals surface area contributed by atoms with Crippen LogP contribution in [0.15, 0.2) is 42.5 Å². The van der Waals surface area contributed by atoms with Crippen LogP contribution in [0.5, 0.6) is 0 Å². The molecular formula is C16H18FN3O. The summed E-state index contributed by atoms with van der Waals surface area (Å²) in [6.45, 7) is 1.84. The van der Waals surface area contributed by atoms with E-state index in [0.29, 0.717) is 22.5 Å². The first-order valence-corrected chi connectivity index (χ1v) is 6.65. The minimum atomic E-state index is -0.279. The van der Waals surface area contributed by atoms with Gasteiger partial charge in [0.2, 0.25) is 0 Å². The van der Waals surface area contributed by atoms with Crippen molar-refractivity contribution in [3.05, 3.63) is 59.4 Å². The fourth-order valence-corrected chi connectivity index (χ4v) is 2.10. The Balaban J connectivity index is 2.27. The Bertz CT molecular complexity index is 658. The summed E-state index contributed by atoms with van der Waals surface area (Å²) in [7, 11) is 1.56. The fraction of sp³-hybridized carbons (Fsp3) is 0.188. The summed E-state index contributed by atoms with van der Waals surface area (Å²) in [5, 5.41) is 5.70. The van der Waals surface area contributed by atoms with Crippen molar-refractivity contribution in [3.63, 3.8) is 0 Å². The lowest BCUT2D eigenvalue weighted by Crippen LogP contribution is -2.18. The maximum absolute atomic E-state index is 13.8. The van der Waals surface area contributed by atoms with E-state index in [-0.39, 0.29) is 17.8 Å². The molecule has 0 aromatic heterocycles. The third-order valence-electron chi connectivity index (χ3n) is 3.29. The highest BCUT2D eigenvalue weighted by Gasteiger charge is 2.13. The van der Waals surface area contributed by atoms with Crippen molar-refractivity contribution >= 4 is 17.3 Å². The van der Waals surface area contributed by atoms with Crippen LogP contribution in [0.2, 0.25) is 0 Å². The standard InChI is InChI=1S/C16H18FN3O/c1-10(12-5-3-4-6-13(12)17)20-15-9-11(16(21)19-2)7-8-14(15)18/h3-10,20H,18H2,1-2H3,(H,19,21). The average Bonchev–Trinajstić information content (AvgIpc) is 2.49. The molecule has 1 unspecified atom stereocenters. The first-order valence-electron chi connectivity index (χ1n) is 6.65. The van der Waals surface area contributed by atoms with E-state index in [1.54, 1.807) is 43.4 Å². The summed E-state index contributed by atoms with van der Waals surface area (Å²) < 4.78 is 13.8. The molecule has 21 heavy (non-hydrogen) atoms. The summed E-state index contributed by atoms with van der Waals surface area (Å²) in [5.74, 6) is -0.477. The van der Waals surface area contributed by atoms with E-state index in [2.05, 4.69) is 10.6 Å². The Kier molecular flexibility index (Phi) is 4.42. The molecule has 0 saturated heterocycles. The third kappa shape index (κ3) is 3.31. The minimum Gasteiger partial charge on any atom is -0.397 e. The smallest absolute Gasteiger partial charge is 0.251 e. The van der Waals surface area contributed by atoms with Crippen LogP contribution in [0, 0.1) is 5.82 Å². The van der Waals surface area contributed by atoms with Gasteiger partial charge in [0.1, 0.15) is 5.82 Å². The Morgan fingerprint density at radius 3 is 2.62 bits per heavy atom. The topological polar surface area (TPSA) is 67.2 Å². The van der Waals surface area contributed by atoms with Crippen LogP contribution < -0.4 is 16.4 Å². The van der Waals surface area contributed by atoms with E-state index in [4.69, 9.17) is 5.73 Å². The van der Waals surface area contributed by atoms with Crippen LogP contribution in [0.25, 0.3) is 0 Å². The molecule has 2 aromatic rings. The molecular weight excluding hydrogens is 269 g/mol. The van der Waals surface area contributed by atoms with Gasteiger partial charge in [0.05, 0.1) is 17.4 Å². The quantitative estimate of drug-likeness (QED) is 0.757. The second-order valence-corrected chi connectivity index (χ2v) is 4.77. The molecule has 0 saturated carbocycles. The number of nitrogens with two attached hydrogens (primary N) is 1. The number of rotatable bonds is 4. The van der Waals surface area contributed by atoms with Gasteiger partial charge < -0.3 is 16.4 Å². The van der Waals surface area contributed by atoms with E-state index < -0.39 is 0 Å². The number of hydrogen-bond acceptors (Lipinski definition) is 3. The van der Waals surface area contributed by atoms with Gasteiger partial charge in [-0.1, -0.05) is 18.2 Å². The molecule has 0 bridgehead atoms. The molecule has 0 aliphatic rings. The molecule has 2 rings (SSSR count). The predicted octanol–water partition coefficient (Wildman–Crippen LogP) is 2.94. The summed E-state index contributed by atoms with van der Waals surface area (Å²) in [6.07, 6.45) is 0. The summed E-state index contributed by atoms with van der Waals surface area (Å²) >= 11 is 0. The molecule has 0 spiro atoms. The highest BCUT2D eigenvalue weighted by Crippen LogP contribution is 2.26. The van der Waals surface area contributed by atoms with Crippen molar-refractivity contribution in [2.24, 2.45) is 0 Å². The zero-order valence-corrected chi connectivity index (χ0v) is 12.0. The van der Waals surface area contributed by atoms with Crippen LogP contribution >= 0.6 is 0 Å². The second-order valence-electron chi connectivity index (χ2n) is 4.77. The molecule has 1 amide bonds. The van der Waals surface area contributed by atoms with Gasteiger partial charge in [-0.15, -0.1) is 0 Å². The summed E-state index contributed by atoms with van der Waals surface area (Å²) in [5.41, 5.74) is 8.06. The van der Waals surface area contributed by atoms with Crippen LogP contribution in [0.4, 0.5) is 15.8 Å². The van der Waals surface area contributed by atoms with E-state index in [1.165, 1.54) is 6.07 Å². The molecule has 0 aliphatic carbocycles. The normalized spacial score (nSPS) is 11.8. The molecule has 1 atom stereocenters. The van der Waals surface area contributed by atoms with Crippen molar-refractivity contribution in [1.82, 2.24) is 5.32 Å². The number of benzene rings is 2. The molecule has 110 valence electrons. The van der Waals surface area contributed by atoms with Crippen molar-refractivity contribution in [3.8, 4) is 0 Å². The van der Waals surface area contributed by atoms with Gasteiger partial charge in [-0.2, -0.15) is 0 Å². The number of halogens is 1. The molecule has 0 fully saturated rings. The van der Waals surface area contributed by atoms with Gasteiger partial charge in [-0.25, -0.2) is 4.39 Å². The maximum Gasteiger partial charge on any atom is 0.251 e. The van der Waals surface area contributed by atoms with Crippen LogP contribution in [0.3, 0.4) is 0 Å². The molecule has 0 radical (unpaired) electrons. The van der Waals surface area contributed by atoms with E-state index in [0.717, 1.165) is 0 Å². The molecule has 4 nitrogen and oxygen atoms in total. The van der Waals surface area contributed by atoms with Gasteiger partial charge in [0.15, 0.2) is 0 Å². The second kappa shape index (κ2) is 6.26. The Labute approximate surface area is 123 Å². The third-order valence-corrected chi connectivity index (χ3v) is 3.29. The van der Waals surface area contributed by atoms with E-state index >= 15 is 0 Å². The zero-order chi connectivity index (χ0) is 15.4. The minimum absolute atomic E-state index is 0.198. The molecule has 0 heterocycles. The molecule has 2 aromatic carbocycles. The van der Waals surface area contributed by atoms with Gasteiger partial charge in [0.25, 0.3) is 5.91 Å². The van der Waals surface area contributed by atoms with Crippen LogP contribution in [-0.4, -0.2) is 13.0 Å². The SMILES string of the molecule is CNC(=O)c1ccc(N)c(NC(C)c2ccccc2F)c1. The van der Waals surface area contributed by atoms with Crippen molar-refractivity contribution in [2.45, 2.75) is 13.0 Å². The highest BCUT2D eigenvalue weighted by molar-refractivity contribution is 5.96. The maximum atomic E-state index is 13.8. The average molecular weight is 287 g/mol. The highest BCUT2D eigenvalue weighted by atomic mass is 19.1. The predicted molar refractivity (Wildman–Crippen MR) is 82.7 cm³/mol. The van der Waals surface area contributed by atoms with Gasteiger partial charge >= 0.3 is 0 Å². The van der Waals surface area contributed by atoms with Gasteiger partial charge in [-0.05, 0) is 31.2 Å². The van der Waals surface area contributed by atoms with Crippen molar-refractivity contribution in [2.75, 3.05) is 18.1 Å². The van der Waals surface area contributed by atoms with Crippen LogP contribution in [0.1, 0.15) is 28.9 Å². The Morgan fingerprint density at radius 1 is 1.24 bits per heavy atom. The number of carbonyl (C=O) groups excluding carboxylic acids is 1. The molecule has 5 heteroatoms. The lowest BCUT2D eigenvalue weighted by Gasteiger charge is -2.18. The number of hydrogen-bond donors (Lipinski definition) is 3. The molecule has 4 N–H and O–H groups in total. The number of anilines is 2. The number of nitrogen functional groups attached to an aromatic ring is 1. The monoisotopic (exact) mass is 287 g/mol. The van der Waals surface area contributed by atoms with Crippen molar-refractivity contribution < 1.29 is 9.18 Å². The Hall–Kier alpha value is -2.56. The first-order chi connectivity index (χ1) is 10.0. The summed E-state index contributed by atoms with van der Waals surface area (Å²) in [6, 6.07) is 11.2. The zero-order valence-electron chi connectivity index (χ0n) is 12.0. The first kappa shape index (κ1) is 14.8. The Morgan fingerprint density at radius 2 is 1.95 bits per heavy atom. The fourth-order valence-electron chi connectivity index (χ4n) is 2.10. The van der Waals surface area contributed by atoms with E-state index in [9.17, 15) is 9.18 Å². The number of carbonyl (C=O) groups is 1. The summed E-state index contributed by atoms with van der Waals surface area (Å²) in [4.78, 5) is 11.6. The van der Waals surface area contributed by atoms with Gasteiger partial charge in [-0.3, -0.25) is 4.79 Å². The van der Waals surface area contributed by atoms with Gasteiger partial charge in [0, 0.05) is 18.2 Å². The lowest BCUT2D eigenvalue weighted by molar-refractivity contribution is 0.0963. The van der Waals surface area contributed by atoms with Crippen molar-refractivity contribution in [1.29, 1.82) is 0 Å². The number of amides is 1. The number of nitrogens with one attached hydrogen (secondary N) is 2. The largest absolute Gasteiger partial charge is 0.397 e. The van der Waals surface area contributed by atoms with E-state index in [1.807, 2.05) is 6.92 Å². The lowest BCUT2D eigenvalue weighted by atomic mass is 10.1. The molecule has 0 aliphatic heterocycles.